The summed E-state index contributed by atoms with van der Waals surface area (Å²) >= 11 is 0. The molecule has 2 heterocycles. The van der Waals surface area contributed by atoms with Gasteiger partial charge in [-0.1, -0.05) is 24.3 Å². The lowest BCUT2D eigenvalue weighted by Crippen LogP contribution is -1.92. The van der Waals surface area contributed by atoms with Crippen molar-refractivity contribution in [2.24, 2.45) is 7.05 Å². The third-order valence-corrected chi connectivity index (χ3v) is 2.68. The first-order valence-corrected chi connectivity index (χ1v) is 5.17. The van der Waals surface area contributed by atoms with Crippen LogP contribution < -0.4 is 0 Å². The van der Waals surface area contributed by atoms with Crippen LogP contribution in [0.2, 0.25) is 0 Å². The molecule has 3 nitrogen and oxygen atoms in total. The van der Waals surface area contributed by atoms with E-state index in [2.05, 4.69) is 22.1 Å². The van der Waals surface area contributed by atoms with Crippen LogP contribution in [-0.4, -0.2) is 14.5 Å². The van der Waals surface area contributed by atoms with E-state index in [4.69, 9.17) is 0 Å². The molecule has 0 spiro atoms. The second-order valence-electron chi connectivity index (χ2n) is 3.78. The van der Waals surface area contributed by atoms with Gasteiger partial charge in [-0.15, -0.1) is 0 Å². The van der Waals surface area contributed by atoms with Crippen molar-refractivity contribution in [3.05, 3.63) is 48.9 Å². The zero-order valence-electron chi connectivity index (χ0n) is 8.96. The molecule has 0 aliphatic rings. The molecule has 0 saturated heterocycles. The molecule has 3 aromatic rings. The third-order valence-electron chi connectivity index (χ3n) is 2.68. The van der Waals surface area contributed by atoms with Crippen LogP contribution in [0.25, 0.3) is 22.3 Å². The molecule has 78 valence electrons. The second kappa shape index (κ2) is 3.45. The lowest BCUT2D eigenvalue weighted by Gasteiger charge is -2.03. The van der Waals surface area contributed by atoms with Gasteiger partial charge in [0.25, 0.3) is 0 Å². The number of imidazole rings is 1. The summed E-state index contributed by atoms with van der Waals surface area (Å²) in [5.74, 6) is 0. The number of para-hydroxylation sites is 1. The number of nitrogens with zero attached hydrogens (tertiary/aromatic N) is 3. The molecule has 0 amide bonds. The summed E-state index contributed by atoms with van der Waals surface area (Å²) in [5, 5.41) is 1.16. The molecule has 0 aliphatic heterocycles. The maximum atomic E-state index is 4.62. The van der Waals surface area contributed by atoms with E-state index in [1.807, 2.05) is 42.1 Å². The fraction of sp³-hybridized carbons (Fsp3) is 0.0769. The van der Waals surface area contributed by atoms with Gasteiger partial charge in [0, 0.05) is 12.4 Å². The number of hydrogen-bond acceptors (Lipinski definition) is 2. The number of pyridine rings is 1. The Bertz CT molecular complexity index is 640. The van der Waals surface area contributed by atoms with Crippen molar-refractivity contribution in [3.8, 4) is 11.4 Å². The van der Waals surface area contributed by atoms with Gasteiger partial charge in [0.15, 0.2) is 0 Å². The zero-order chi connectivity index (χ0) is 11.0. The summed E-state index contributed by atoms with van der Waals surface area (Å²) in [6.45, 7) is 0. The molecule has 0 aliphatic carbocycles. The minimum absolute atomic E-state index is 0.957. The highest BCUT2D eigenvalue weighted by molar-refractivity contribution is 5.80. The zero-order valence-corrected chi connectivity index (χ0v) is 8.96. The Morgan fingerprint density at radius 2 is 1.94 bits per heavy atom. The average Bonchev–Trinajstić information content (AvgIpc) is 2.75. The van der Waals surface area contributed by atoms with E-state index >= 15 is 0 Å². The van der Waals surface area contributed by atoms with Crippen molar-refractivity contribution < 1.29 is 0 Å². The van der Waals surface area contributed by atoms with Gasteiger partial charge >= 0.3 is 0 Å². The molecule has 0 bridgehead atoms. The Morgan fingerprint density at radius 1 is 1.06 bits per heavy atom. The Balaban J connectivity index is 2.23. The summed E-state index contributed by atoms with van der Waals surface area (Å²) in [6.07, 6.45) is 3.61. The van der Waals surface area contributed by atoms with Crippen molar-refractivity contribution in [2.45, 2.75) is 0 Å². The summed E-state index contributed by atoms with van der Waals surface area (Å²) < 4.78 is 1.97. The molecule has 3 heteroatoms. The molecule has 16 heavy (non-hydrogen) atoms. The minimum Gasteiger partial charge on any atom is -0.332 e. The van der Waals surface area contributed by atoms with E-state index in [0.29, 0.717) is 0 Å². The van der Waals surface area contributed by atoms with E-state index in [1.165, 1.54) is 0 Å². The number of rotatable bonds is 1. The van der Waals surface area contributed by atoms with E-state index in [-0.39, 0.29) is 0 Å². The molecule has 0 N–H and O–H groups in total. The van der Waals surface area contributed by atoms with Crippen molar-refractivity contribution in [2.75, 3.05) is 0 Å². The second-order valence-corrected chi connectivity index (χ2v) is 3.78. The third kappa shape index (κ3) is 1.37. The first-order valence-electron chi connectivity index (χ1n) is 5.17. The number of aryl methyl sites for hydroxylation is 1. The first kappa shape index (κ1) is 9.09. The van der Waals surface area contributed by atoms with Gasteiger partial charge in [0.2, 0.25) is 0 Å². The van der Waals surface area contributed by atoms with E-state index in [1.54, 1.807) is 6.33 Å². The molecule has 0 radical (unpaired) electrons. The highest BCUT2D eigenvalue weighted by atomic mass is 15.0. The first-order chi connectivity index (χ1) is 7.84. The normalized spacial score (nSPS) is 10.8. The van der Waals surface area contributed by atoms with Crippen molar-refractivity contribution in [1.29, 1.82) is 0 Å². The molecule has 1 aromatic carbocycles. The summed E-state index contributed by atoms with van der Waals surface area (Å²) in [5.41, 5.74) is 3.01. The fourth-order valence-electron chi connectivity index (χ4n) is 1.81. The lowest BCUT2D eigenvalue weighted by molar-refractivity contribution is 0.917. The maximum absolute atomic E-state index is 4.62. The minimum atomic E-state index is 0.957. The van der Waals surface area contributed by atoms with E-state index in [9.17, 15) is 0 Å². The smallest absolute Gasteiger partial charge is 0.0948 e. The van der Waals surface area contributed by atoms with Crippen molar-refractivity contribution in [3.63, 3.8) is 0 Å². The number of hydrogen-bond donors (Lipinski definition) is 0. The summed E-state index contributed by atoms with van der Waals surface area (Å²) in [7, 11) is 1.97. The molecule has 0 saturated carbocycles. The van der Waals surface area contributed by atoms with Crippen molar-refractivity contribution >= 4 is 10.9 Å². The van der Waals surface area contributed by atoms with Crippen LogP contribution in [0.15, 0.2) is 48.9 Å². The van der Waals surface area contributed by atoms with Crippen LogP contribution >= 0.6 is 0 Å². The molecular weight excluding hydrogens is 198 g/mol. The highest BCUT2D eigenvalue weighted by Crippen LogP contribution is 2.19. The van der Waals surface area contributed by atoms with E-state index in [0.717, 1.165) is 22.3 Å². The molecule has 0 unspecified atom stereocenters. The Morgan fingerprint density at radius 3 is 2.75 bits per heavy atom. The average molecular weight is 209 g/mol. The van der Waals surface area contributed by atoms with Crippen LogP contribution in [-0.2, 0) is 7.05 Å². The van der Waals surface area contributed by atoms with Crippen molar-refractivity contribution in [1.82, 2.24) is 14.5 Å². The molecule has 3 rings (SSSR count). The standard InChI is InChI=1S/C13H11N3/c1-16-9-14-8-13(16)12-7-6-10-4-2-3-5-11(10)15-12/h2-9H,1H3. The van der Waals surface area contributed by atoms with E-state index < -0.39 is 0 Å². The molecule has 0 atom stereocenters. The molecule has 2 aromatic heterocycles. The van der Waals surface area contributed by atoms with Gasteiger partial charge in [-0.25, -0.2) is 9.97 Å². The van der Waals surface area contributed by atoms with Crippen LogP contribution in [0.1, 0.15) is 0 Å². The number of fused-ring (bicyclic) bond motifs is 1. The molecule has 0 fully saturated rings. The molecular formula is C13H11N3. The predicted octanol–water partition coefficient (Wildman–Crippen LogP) is 2.64. The highest BCUT2D eigenvalue weighted by Gasteiger charge is 2.04. The number of benzene rings is 1. The summed E-state index contributed by atoms with van der Waals surface area (Å²) in [6, 6.07) is 12.2. The Hall–Kier alpha value is -2.16. The quantitative estimate of drug-likeness (QED) is 0.616. The van der Waals surface area contributed by atoms with Gasteiger partial charge in [0.1, 0.15) is 0 Å². The van der Waals surface area contributed by atoms with Gasteiger partial charge in [-0.05, 0) is 12.1 Å². The largest absolute Gasteiger partial charge is 0.332 e. The van der Waals surface area contributed by atoms with Crippen LogP contribution in [0.5, 0.6) is 0 Å². The Kier molecular flexibility index (Phi) is 1.96. The topological polar surface area (TPSA) is 30.7 Å². The fourth-order valence-corrected chi connectivity index (χ4v) is 1.81. The van der Waals surface area contributed by atoms with Gasteiger partial charge < -0.3 is 4.57 Å². The van der Waals surface area contributed by atoms with Gasteiger partial charge in [0.05, 0.1) is 29.4 Å². The van der Waals surface area contributed by atoms with Crippen LogP contribution in [0.4, 0.5) is 0 Å². The van der Waals surface area contributed by atoms with Gasteiger partial charge in [-0.3, -0.25) is 0 Å². The summed E-state index contributed by atoms with van der Waals surface area (Å²) in [4.78, 5) is 8.72. The van der Waals surface area contributed by atoms with Gasteiger partial charge in [-0.2, -0.15) is 0 Å². The SMILES string of the molecule is Cn1cncc1-c1ccc2ccccc2n1. The lowest BCUT2D eigenvalue weighted by atomic mass is 10.2. The Labute approximate surface area is 93.4 Å². The monoisotopic (exact) mass is 209 g/mol. The predicted molar refractivity (Wildman–Crippen MR) is 63.9 cm³/mol. The van der Waals surface area contributed by atoms with Crippen LogP contribution in [0, 0.1) is 0 Å². The van der Waals surface area contributed by atoms with Crippen LogP contribution in [0.3, 0.4) is 0 Å². The maximum Gasteiger partial charge on any atom is 0.0948 e. The number of aromatic nitrogens is 3.